The first-order chi connectivity index (χ1) is 38.7. The van der Waals surface area contributed by atoms with E-state index in [2.05, 4.69) is 42.2 Å². The first-order valence-corrected chi connectivity index (χ1v) is 30.8. The number of amides is 8. The number of aliphatic hydroxyl groups excluding tert-OH is 1. The molecule has 0 radical (unpaired) electrons. The normalized spacial score (nSPS) is 27.0. The number of aliphatic carboxylic acids is 1. The van der Waals surface area contributed by atoms with E-state index >= 15 is 0 Å². The van der Waals surface area contributed by atoms with Gasteiger partial charge in [-0.15, -0.1) is 35.3 Å². The highest BCUT2D eigenvalue weighted by molar-refractivity contribution is 8.18. The van der Waals surface area contributed by atoms with Crippen molar-refractivity contribution >= 4 is 125 Å². The van der Waals surface area contributed by atoms with Crippen molar-refractivity contribution in [3.8, 4) is 5.75 Å². The summed E-state index contributed by atoms with van der Waals surface area (Å²) in [6.45, 7) is 4.72. The average molecular weight is 1220 g/mol. The average Bonchev–Trinajstić information content (AvgIpc) is 3.01. The smallest absolute Gasteiger partial charge is 0.481 e. The number of fused-ring (bicyclic) bond motifs is 5. The third-order valence-corrected chi connectivity index (χ3v) is 17.5. The van der Waals surface area contributed by atoms with E-state index in [0.717, 1.165) is 28.8 Å². The molecule has 82 heavy (non-hydrogen) atoms. The van der Waals surface area contributed by atoms with E-state index in [1.165, 1.54) is 46.5 Å². The maximum atomic E-state index is 14.9. The van der Waals surface area contributed by atoms with Gasteiger partial charge in [-0.25, -0.2) is 4.57 Å². The number of carboxylic acids is 1. The molecule has 1 fully saturated rings. The van der Waals surface area contributed by atoms with Crippen LogP contribution in [0.4, 0.5) is 0 Å². The number of nitrogens with one attached hydrogen (secondary N) is 8. The summed E-state index contributed by atoms with van der Waals surface area (Å²) in [6, 6.07) is -6.86. The van der Waals surface area contributed by atoms with Gasteiger partial charge in [0.15, 0.2) is 17.3 Å². The Bertz CT molecular complexity index is 2940. The van der Waals surface area contributed by atoms with Gasteiger partial charge in [-0.1, -0.05) is 40.5 Å². The fourth-order valence-corrected chi connectivity index (χ4v) is 12.5. The monoisotopic (exact) mass is 1220 g/mol. The number of aromatic nitrogens is 1. The summed E-state index contributed by atoms with van der Waals surface area (Å²) in [4.78, 5) is 191. The minimum absolute atomic E-state index is 0.0158. The first-order valence-electron chi connectivity index (χ1n) is 26.2. The van der Waals surface area contributed by atoms with Gasteiger partial charge in [0.25, 0.3) is 0 Å². The predicted octanol–water partition coefficient (Wildman–Crippen LogP) is -0.403. The number of aromatic amines is 1. The Morgan fingerprint density at radius 3 is 2.12 bits per heavy atom. The van der Waals surface area contributed by atoms with E-state index in [4.69, 9.17) is 4.52 Å². The number of phosphoric ester groups is 1. The zero-order valence-electron chi connectivity index (χ0n) is 45.1. The number of carboxylic acid groups (broad SMARTS) is 1. The number of benzene rings is 1. The summed E-state index contributed by atoms with van der Waals surface area (Å²) in [7, 11) is -5.44. The number of hydrogen-bond acceptors (Lipinski definition) is 18. The zero-order chi connectivity index (χ0) is 60.2. The lowest BCUT2D eigenvalue weighted by atomic mass is 9.86. The number of hydrogen-bond donors (Lipinski definition) is 12. The number of H-pyrrole nitrogens is 1. The van der Waals surface area contributed by atoms with Crippen molar-refractivity contribution in [1.82, 2.24) is 47.1 Å². The van der Waals surface area contributed by atoms with Crippen molar-refractivity contribution in [3.05, 3.63) is 46.2 Å². The molecule has 12 N–H and O–H groups in total. The Labute approximate surface area is 482 Å². The number of ketones is 3. The number of Topliss-reactive ketones (excluding diaryl/α,β-unsaturated/α-hetero) is 2. The fourth-order valence-electron chi connectivity index (χ4n) is 9.53. The van der Waals surface area contributed by atoms with Crippen LogP contribution in [0.15, 0.2) is 40.1 Å². The molecule has 5 heterocycles. The van der Waals surface area contributed by atoms with Crippen molar-refractivity contribution in [2.45, 2.75) is 126 Å². The molecule has 31 heteroatoms. The second-order valence-electron chi connectivity index (χ2n) is 20.2. The highest BCUT2D eigenvalue weighted by Crippen LogP contribution is 2.43. The van der Waals surface area contributed by atoms with Crippen LogP contribution in [0, 0.1) is 17.8 Å². The van der Waals surface area contributed by atoms with Crippen LogP contribution >= 0.6 is 43.1 Å². The number of aliphatic hydroxyl groups is 1. The minimum Gasteiger partial charge on any atom is -0.481 e. The lowest BCUT2D eigenvalue weighted by Crippen LogP contribution is -2.59. The Kier molecular flexibility index (Phi) is 22.9. The molecule has 0 saturated carbocycles. The molecule has 10 atom stereocenters. The molecule has 1 unspecified atom stereocenters. The summed E-state index contributed by atoms with van der Waals surface area (Å²) in [5.41, 5.74) is -0.0476. The Hall–Kier alpha value is -6.56. The van der Waals surface area contributed by atoms with Gasteiger partial charge >= 0.3 is 13.8 Å². The van der Waals surface area contributed by atoms with Crippen molar-refractivity contribution < 1.29 is 86.6 Å². The minimum atomic E-state index is -5.44. The molecule has 0 spiro atoms. The van der Waals surface area contributed by atoms with Crippen LogP contribution < -0.4 is 41.7 Å². The molecule has 446 valence electrons. The maximum absolute atomic E-state index is 14.9. The van der Waals surface area contributed by atoms with E-state index in [1.807, 2.05) is 0 Å². The maximum Gasteiger partial charge on any atom is 0.524 e. The van der Waals surface area contributed by atoms with Gasteiger partial charge in [-0.2, -0.15) is 0 Å². The fraction of sp³-hybridized carbons (Fsp3) is 0.529. The molecular weight excluding hydrogens is 1150 g/mol. The zero-order valence-corrected chi connectivity index (χ0v) is 48.4. The molecule has 8 amide bonds. The van der Waals surface area contributed by atoms with Crippen LogP contribution in [0.2, 0.25) is 0 Å². The molecule has 6 rings (SSSR count). The highest BCUT2D eigenvalue weighted by Gasteiger charge is 2.44. The number of carbonyl (C=O) groups excluding carboxylic acids is 11. The summed E-state index contributed by atoms with van der Waals surface area (Å²) < 4.78 is 17.7. The van der Waals surface area contributed by atoms with Crippen LogP contribution in [0.1, 0.15) is 77.3 Å². The van der Waals surface area contributed by atoms with Crippen molar-refractivity contribution in [1.29, 1.82) is 0 Å². The van der Waals surface area contributed by atoms with Gasteiger partial charge < -0.3 is 61.8 Å². The van der Waals surface area contributed by atoms with Gasteiger partial charge in [-0.3, -0.25) is 67.3 Å². The predicted molar refractivity (Wildman–Crippen MR) is 298 cm³/mol. The number of thioether (sulfide) groups is 3. The molecule has 2 bridgehead atoms. The molecule has 1 aromatic heterocycles. The summed E-state index contributed by atoms with van der Waals surface area (Å²) in [6.07, 6.45) is -2.09. The Morgan fingerprint density at radius 1 is 0.793 bits per heavy atom. The topological polar surface area (TPSA) is 415 Å². The van der Waals surface area contributed by atoms with E-state index in [-0.39, 0.29) is 39.9 Å². The van der Waals surface area contributed by atoms with Gasteiger partial charge in [0.05, 0.1) is 48.2 Å². The summed E-state index contributed by atoms with van der Waals surface area (Å²) in [5.74, 6) is -14.8. The van der Waals surface area contributed by atoms with Gasteiger partial charge in [0.2, 0.25) is 47.3 Å². The molecule has 4 aliphatic heterocycles. The second-order valence-corrected chi connectivity index (χ2v) is 24.6. The molecule has 0 aliphatic carbocycles. The number of phosphoric acid groups is 1. The highest BCUT2D eigenvalue weighted by atomic mass is 32.2. The van der Waals surface area contributed by atoms with E-state index in [9.17, 15) is 82.1 Å². The van der Waals surface area contributed by atoms with Crippen LogP contribution in [0.3, 0.4) is 0 Å². The Balaban J connectivity index is 1.58. The molecule has 2 aromatic rings. The number of carbonyl (C=O) groups is 12. The SMILES string of the molecule is CC[C@H](C)[C@@H]1NC(=O)[C@@H]2C[C@H](O)CN2C(=O)[C@H](CC(=O)O)NC(=O)[C@@H]2CSc3[nH]c4cc(OP(=O)(O)O)c(CC(=O)C5CC(=O)/C=C/SCS/C=C/C(=O)N5)cc4c3C[C@H](CC1=O)C(=O)NCC(=O)N[C@@H]([C@@H](C)CC)C(=O)NCC(=O)N2. The quantitative estimate of drug-likeness (QED) is 0.127. The van der Waals surface area contributed by atoms with Crippen molar-refractivity contribution in [2.24, 2.45) is 17.8 Å². The van der Waals surface area contributed by atoms with Crippen molar-refractivity contribution in [3.63, 3.8) is 0 Å². The van der Waals surface area contributed by atoms with E-state index in [1.54, 1.807) is 27.7 Å². The van der Waals surface area contributed by atoms with Crippen LogP contribution in [-0.2, 0) is 74.9 Å². The molecular formula is C51H66N9O18PS3. The van der Waals surface area contributed by atoms with Crippen LogP contribution in [-0.4, -0.2) is 173 Å². The van der Waals surface area contributed by atoms with E-state index < -0.39 is 202 Å². The number of rotatable bonds is 11. The molecule has 1 saturated heterocycles. The van der Waals surface area contributed by atoms with Gasteiger partial charge in [-0.05, 0) is 46.8 Å². The largest absolute Gasteiger partial charge is 0.524 e. The van der Waals surface area contributed by atoms with Gasteiger partial charge in [0.1, 0.15) is 29.9 Å². The summed E-state index contributed by atoms with van der Waals surface area (Å²) >= 11 is 3.31. The molecule has 1 aromatic carbocycles. The second kappa shape index (κ2) is 29.1. The standard InChI is InChI=1S/C51H66N9O18PS3/c1-5-24(3)44-38(64)14-27-12-31-30-11-26(13-37(63)33-15-28(61)7-9-80-23-81-10-8-40(65)54-33)39(78-79(75,76)77)17-32(30)57-50(31)82-22-35(55-41(66)19-53-49(73)45(25(4)6-2)58-42(67)20-52-46(27)70)47(71)56-34(18-43(68)69)51(74)60-21-29(62)16-36(60)48(72)59-44/h7-11,17,24-25,27,29,33-36,44-45,57,62H,5-6,12-16,18-23H2,1-4H3,(H,52,70)(H,53,73)(H,54,65)(H,55,66)(H,56,71)(H,58,67)(H,59,72)(H,68,69)(H2,75,76,77)/b9-7+,10-8+/t24-,25-,27+,29-,33?,34-,35-,36-,44-,45-/m0/s1. The van der Waals surface area contributed by atoms with Crippen molar-refractivity contribution in [2.75, 3.05) is 30.5 Å². The lowest BCUT2D eigenvalue weighted by Gasteiger charge is -2.31. The third kappa shape index (κ3) is 17.7. The molecule has 4 aliphatic rings. The summed E-state index contributed by atoms with van der Waals surface area (Å²) in [5, 5.41) is 42.1. The van der Waals surface area contributed by atoms with Crippen LogP contribution in [0.25, 0.3) is 10.9 Å². The first kappa shape index (κ1) is 64.6. The van der Waals surface area contributed by atoms with E-state index in [0.29, 0.717) is 11.5 Å². The van der Waals surface area contributed by atoms with Gasteiger partial charge in [0, 0.05) is 72.1 Å². The lowest BCUT2D eigenvalue weighted by molar-refractivity contribution is -0.146. The third-order valence-electron chi connectivity index (χ3n) is 14.2. The Morgan fingerprint density at radius 2 is 1.45 bits per heavy atom. The van der Waals surface area contributed by atoms with Crippen LogP contribution in [0.5, 0.6) is 5.75 Å². The number of allylic oxidation sites excluding steroid dienone is 1. The molecule has 27 nitrogen and oxygen atoms in total. The number of nitrogens with zero attached hydrogens (tertiary/aromatic N) is 1.